The van der Waals surface area contributed by atoms with E-state index in [1.807, 2.05) is 36.2 Å². The molecule has 6 heteroatoms. The van der Waals surface area contributed by atoms with Crippen LogP contribution in [-0.4, -0.2) is 35.9 Å². The number of carbonyl (C=O) groups excluding carboxylic acids is 1. The van der Waals surface area contributed by atoms with Crippen molar-refractivity contribution in [1.29, 1.82) is 0 Å². The summed E-state index contributed by atoms with van der Waals surface area (Å²) in [5.74, 6) is 0.330. The fourth-order valence-corrected chi connectivity index (χ4v) is 4.44. The molecule has 0 radical (unpaired) electrons. The second kappa shape index (κ2) is 7.11. The third-order valence-corrected chi connectivity index (χ3v) is 6.13. The summed E-state index contributed by atoms with van der Waals surface area (Å²) in [5, 5.41) is 2.09. The number of amides is 1. The molecule has 0 saturated carbocycles. The maximum Gasteiger partial charge on any atom is 0.298 e. The van der Waals surface area contributed by atoms with E-state index in [2.05, 4.69) is 28.3 Å². The molecule has 26 heavy (non-hydrogen) atoms. The van der Waals surface area contributed by atoms with Crippen LogP contribution in [0.15, 0.2) is 40.1 Å². The average molecular weight is 369 g/mol. The van der Waals surface area contributed by atoms with E-state index in [1.165, 1.54) is 10.4 Å². The van der Waals surface area contributed by atoms with Crippen LogP contribution in [0.25, 0.3) is 11.1 Å². The van der Waals surface area contributed by atoms with Crippen LogP contribution in [0.5, 0.6) is 0 Å². The molecule has 1 amide bonds. The molecule has 5 nitrogen and oxygen atoms in total. The van der Waals surface area contributed by atoms with Gasteiger partial charge in [0.2, 0.25) is 5.91 Å². The Morgan fingerprint density at radius 1 is 1.31 bits per heavy atom. The molecule has 1 aliphatic heterocycles. The molecule has 0 aliphatic carbocycles. The molecule has 3 heterocycles. The van der Waals surface area contributed by atoms with Crippen LogP contribution < -0.4 is 4.90 Å². The quantitative estimate of drug-likeness (QED) is 0.695. The molecule has 136 valence electrons. The molecule has 0 N–H and O–H groups in total. The number of hydrogen-bond acceptors (Lipinski definition) is 5. The van der Waals surface area contributed by atoms with E-state index in [4.69, 9.17) is 4.42 Å². The Labute approximate surface area is 157 Å². The maximum absolute atomic E-state index is 12.8. The van der Waals surface area contributed by atoms with E-state index in [-0.39, 0.29) is 11.8 Å². The van der Waals surface area contributed by atoms with Crippen LogP contribution in [0.2, 0.25) is 0 Å². The molecule has 1 fully saturated rings. The van der Waals surface area contributed by atoms with E-state index >= 15 is 0 Å². The lowest BCUT2D eigenvalue weighted by atomic mass is 9.95. The predicted octanol–water partition coefficient (Wildman–Crippen LogP) is 4.07. The Morgan fingerprint density at radius 2 is 2.08 bits per heavy atom. The largest absolute Gasteiger partial charge is 0.423 e. The number of aromatic nitrogens is 1. The fourth-order valence-electron chi connectivity index (χ4n) is 3.48. The van der Waals surface area contributed by atoms with Crippen molar-refractivity contribution in [2.24, 2.45) is 5.92 Å². The van der Waals surface area contributed by atoms with Gasteiger partial charge in [-0.25, -0.2) is 0 Å². The molecule has 1 aliphatic rings. The van der Waals surface area contributed by atoms with Gasteiger partial charge in [0.1, 0.15) is 5.52 Å². The molecular formula is C20H23N3O2S. The number of thiophene rings is 1. The Hall–Kier alpha value is -2.34. The molecule has 4 rings (SSSR count). The second-order valence-corrected chi connectivity index (χ2v) is 7.95. The number of fused-ring (bicyclic) bond motifs is 1. The van der Waals surface area contributed by atoms with Gasteiger partial charge in [0, 0.05) is 30.9 Å². The van der Waals surface area contributed by atoms with Gasteiger partial charge in [-0.15, -0.1) is 11.3 Å². The summed E-state index contributed by atoms with van der Waals surface area (Å²) in [6.07, 6.45) is 1.68. The number of piperidine rings is 1. The van der Waals surface area contributed by atoms with Crippen LogP contribution in [-0.2, 0) is 11.3 Å². The summed E-state index contributed by atoms with van der Waals surface area (Å²) in [7, 11) is 1.91. The zero-order valence-electron chi connectivity index (χ0n) is 15.1. The van der Waals surface area contributed by atoms with Crippen LogP contribution in [0.1, 0.15) is 23.3 Å². The third kappa shape index (κ3) is 3.33. The molecule has 0 unspecified atom stereocenters. The van der Waals surface area contributed by atoms with Gasteiger partial charge in [0.15, 0.2) is 5.58 Å². The molecule has 2 aromatic heterocycles. The smallest absolute Gasteiger partial charge is 0.298 e. The van der Waals surface area contributed by atoms with Gasteiger partial charge >= 0.3 is 0 Å². The van der Waals surface area contributed by atoms with Gasteiger partial charge in [-0.2, -0.15) is 4.98 Å². The van der Waals surface area contributed by atoms with Crippen LogP contribution >= 0.6 is 11.3 Å². The number of hydrogen-bond donors (Lipinski definition) is 0. The highest BCUT2D eigenvalue weighted by atomic mass is 32.1. The Kier molecular flexibility index (Phi) is 4.68. The summed E-state index contributed by atoms with van der Waals surface area (Å²) in [5.41, 5.74) is 2.96. The summed E-state index contributed by atoms with van der Waals surface area (Å²) in [6.45, 7) is 4.40. The minimum atomic E-state index is 0.0842. The molecule has 0 bridgehead atoms. The van der Waals surface area contributed by atoms with Crippen LogP contribution in [0.4, 0.5) is 6.01 Å². The van der Waals surface area contributed by atoms with Crippen molar-refractivity contribution in [3.63, 3.8) is 0 Å². The topological polar surface area (TPSA) is 49.6 Å². The van der Waals surface area contributed by atoms with E-state index in [0.29, 0.717) is 12.6 Å². The monoisotopic (exact) mass is 369 g/mol. The first kappa shape index (κ1) is 17.1. The van der Waals surface area contributed by atoms with Crippen molar-refractivity contribution in [3.8, 4) is 0 Å². The van der Waals surface area contributed by atoms with E-state index in [0.717, 1.165) is 37.0 Å². The molecule has 1 aromatic carbocycles. The highest BCUT2D eigenvalue weighted by Gasteiger charge is 2.29. The lowest BCUT2D eigenvalue weighted by Crippen LogP contribution is -2.41. The van der Waals surface area contributed by atoms with E-state index < -0.39 is 0 Å². The number of nitrogens with zero attached hydrogens (tertiary/aromatic N) is 3. The van der Waals surface area contributed by atoms with Crippen molar-refractivity contribution in [2.45, 2.75) is 26.3 Å². The van der Waals surface area contributed by atoms with Gasteiger partial charge in [0.25, 0.3) is 6.01 Å². The second-order valence-electron chi connectivity index (χ2n) is 6.95. The normalized spacial score (nSPS) is 15.5. The Bertz CT molecular complexity index is 876. The third-order valence-electron chi connectivity index (χ3n) is 5.12. The lowest BCUT2D eigenvalue weighted by Gasteiger charge is -2.32. The SMILES string of the molecule is Cc1ccsc1CN(C)C(=O)C1CCN(c2nc3ccccc3o2)CC1. The summed E-state index contributed by atoms with van der Waals surface area (Å²) in [4.78, 5) is 22.6. The number of oxazole rings is 1. The molecule has 1 saturated heterocycles. The molecule has 3 aromatic rings. The van der Waals surface area contributed by atoms with Gasteiger partial charge in [-0.3, -0.25) is 4.79 Å². The number of benzene rings is 1. The van der Waals surface area contributed by atoms with E-state index in [9.17, 15) is 4.79 Å². The van der Waals surface area contributed by atoms with E-state index in [1.54, 1.807) is 11.3 Å². The number of rotatable bonds is 4. The Balaban J connectivity index is 1.36. The molecular weight excluding hydrogens is 346 g/mol. The minimum absolute atomic E-state index is 0.0842. The molecule has 0 spiro atoms. The number of aryl methyl sites for hydroxylation is 1. The highest BCUT2D eigenvalue weighted by Crippen LogP contribution is 2.27. The summed E-state index contributed by atoms with van der Waals surface area (Å²) >= 11 is 1.72. The zero-order valence-corrected chi connectivity index (χ0v) is 16.0. The first-order valence-corrected chi connectivity index (χ1v) is 9.88. The maximum atomic E-state index is 12.8. The van der Waals surface area contributed by atoms with Gasteiger partial charge in [-0.1, -0.05) is 12.1 Å². The molecule has 0 atom stereocenters. The van der Waals surface area contributed by atoms with Crippen LogP contribution in [0.3, 0.4) is 0 Å². The minimum Gasteiger partial charge on any atom is -0.423 e. The number of anilines is 1. The van der Waals surface area contributed by atoms with Crippen molar-refractivity contribution in [1.82, 2.24) is 9.88 Å². The fraction of sp³-hybridized carbons (Fsp3) is 0.400. The highest BCUT2D eigenvalue weighted by molar-refractivity contribution is 7.10. The summed E-state index contributed by atoms with van der Waals surface area (Å²) in [6, 6.07) is 10.6. The number of carbonyl (C=O) groups is 1. The van der Waals surface area contributed by atoms with Crippen molar-refractivity contribution in [3.05, 3.63) is 46.2 Å². The van der Waals surface area contributed by atoms with Crippen molar-refractivity contribution in [2.75, 3.05) is 25.0 Å². The predicted molar refractivity (Wildman–Crippen MR) is 104 cm³/mol. The number of para-hydroxylation sites is 2. The Morgan fingerprint density at radius 3 is 2.77 bits per heavy atom. The van der Waals surface area contributed by atoms with Crippen LogP contribution in [0, 0.1) is 12.8 Å². The van der Waals surface area contributed by atoms with Crippen molar-refractivity contribution >= 4 is 34.4 Å². The van der Waals surface area contributed by atoms with Gasteiger partial charge in [0.05, 0.1) is 6.54 Å². The first-order valence-electron chi connectivity index (χ1n) is 9.00. The summed E-state index contributed by atoms with van der Waals surface area (Å²) < 4.78 is 5.85. The lowest BCUT2D eigenvalue weighted by molar-refractivity contribution is -0.135. The zero-order chi connectivity index (χ0) is 18.1. The average Bonchev–Trinajstić information content (AvgIpc) is 3.27. The standard InChI is InChI=1S/C20H23N3O2S/c1-14-9-12-26-18(14)13-22(2)19(24)15-7-10-23(11-8-15)20-21-16-5-3-4-6-17(16)25-20/h3-6,9,12,15H,7-8,10-11,13H2,1-2H3. The first-order chi connectivity index (χ1) is 12.6. The van der Waals surface area contributed by atoms with Crippen molar-refractivity contribution < 1.29 is 9.21 Å². The van der Waals surface area contributed by atoms with Gasteiger partial charge < -0.3 is 14.2 Å². The van der Waals surface area contributed by atoms with Gasteiger partial charge in [-0.05, 0) is 48.9 Å².